The van der Waals surface area contributed by atoms with Crippen molar-refractivity contribution < 1.29 is 4.79 Å². The average molecular weight is 313 g/mol. The normalized spacial score (nSPS) is 16.5. The lowest BCUT2D eigenvalue weighted by atomic mass is 10.2. The number of aromatic nitrogens is 3. The number of pyridine rings is 1. The van der Waals surface area contributed by atoms with E-state index in [-0.39, 0.29) is 11.9 Å². The summed E-state index contributed by atoms with van der Waals surface area (Å²) < 4.78 is 1.82. The van der Waals surface area contributed by atoms with Gasteiger partial charge in [-0.1, -0.05) is 6.07 Å². The number of rotatable bonds is 3. The van der Waals surface area contributed by atoms with Crippen LogP contribution in [0.5, 0.6) is 0 Å². The standard InChI is InChI=1S/C17H23N5O/c1-13-12-14(2)22(19-13)15(3)17(23)21-10-8-20(9-11-21)16-6-4-5-7-18-16/h4-7,12,15H,8-11H2,1-3H3/t15-/m0/s1. The highest BCUT2D eigenvalue weighted by Crippen LogP contribution is 2.17. The number of piperazine rings is 1. The zero-order valence-corrected chi connectivity index (χ0v) is 13.9. The van der Waals surface area contributed by atoms with Gasteiger partial charge in [0.25, 0.3) is 0 Å². The number of anilines is 1. The summed E-state index contributed by atoms with van der Waals surface area (Å²) >= 11 is 0. The molecule has 0 aromatic carbocycles. The van der Waals surface area contributed by atoms with Crippen molar-refractivity contribution in [1.29, 1.82) is 0 Å². The van der Waals surface area contributed by atoms with Gasteiger partial charge in [0.2, 0.25) is 5.91 Å². The van der Waals surface area contributed by atoms with Crippen LogP contribution in [0.3, 0.4) is 0 Å². The Morgan fingerprint density at radius 3 is 2.48 bits per heavy atom. The molecular weight excluding hydrogens is 290 g/mol. The minimum Gasteiger partial charge on any atom is -0.353 e. The molecule has 0 unspecified atom stereocenters. The van der Waals surface area contributed by atoms with Gasteiger partial charge in [0.15, 0.2) is 0 Å². The molecule has 0 aliphatic carbocycles. The molecule has 122 valence electrons. The topological polar surface area (TPSA) is 54.3 Å². The third-order valence-corrected chi connectivity index (χ3v) is 4.33. The van der Waals surface area contributed by atoms with E-state index in [4.69, 9.17) is 0 Å². The molecule has 0 bridgehead atoms. The molecule has 3 rings (SSSR count). The molecule has 6 heteroatoms. The number of carbonyl (C=O) groups excluding carboxylic acids is 1. The predicted octanol–water partition coefficient (Wildman–Crippen LogP) is 1.80. The molecule has 1 saturated heterocycles. The van der Waals surface area contributed by atoms with Crippen molar-refractivity contribution in [2.75, 3.05) is 31.1 Å². The molecule has 0 radical (unpaired) electrons. The molecule has 2 aromatic rings. The maximum absolute atomic E-state index is 12.7. The number of carbonyl (C=O) groups is 1. The number of hydrogen-bond donors (Lipinski definition) is 0. The number of hydrogen-bond acceptors (Lipinski definition) is 4. The fraction of sp³-hybridized carbons (Fsp3) is 0.471. The summed E-state index contributed by atoms with van der Waals surface area (Å²) in [5, 5.41) is 4.44. The molecule has 1 fully saturated rings. The van der Waals surface area contributed by atoms with Gasteiger partial charge in [0.1, 0.15) is 11.9 Å². The van der Waals surface area contributed by atoms with E-state index < -0.39 is 0 Å². The molecule has 1 amide bonds. The highest BCUT2D eigenvalue weighted by atomic mass is 16.2. The molecule has 23 heavy (non-hydrogen) atoms. The largest absolute Gasteiger partial charge is 0.353 e. The van der Waals surface area contributed by atoms with Crippen LogP contribution in [0.4, 0.5) is 5.82 Å². The fourth-order valence-corrected chi connectivity index (χ4v) is 3.10. The van der Waals surface area contributed by atoms with Crippen molar-refractivity contribution in [3.63, 3.8) is 0 Å². The zero-order valence-electron chi connectivity index (χ0n) is 13.9. The van der Waals surface area contributed by atoms with Crippen LogP contribution in [0.15, 0.2) is 30.5 Å². The van der Waals surface area contributed by atoms with Crippen molar-refractivity contribution in [2.24, 2.45) is 0 Å². The quantitative estimate of drug-likeness (QED) is 0.867. The lowest BCUT2D eigenvalue weighted by Gasteiger charge is -2.36. The summed E-state index contributed by atoms with van der Waals surface area (Å²) in [6.45, 7) is 8.93. The minimum absolute atomic E-state index is 0.136. The minimum atomic E-state index is -0.259. The Labute approximate surface area is 136 Å². The molecule has 0 N–H and O–H groups in total. The molecule has 1 aliphatic rings. The van der Waals surface area contributed by atoms with Crippen LogP contribution in [0, 0.1) is 13.8 Å². The van der Waals surface area contributed by atoms with Crippen molar-refractivity contribution in [1.82, 2.24) is 19.7 Å². The molecule has 1 aliphatic heterocycles. The second-order valence-corrected chi connectivity index (χ2v) is 6.05. The lowest BCUT2D eigenvalue weighted by Crippen LogP contribution is -2.50. The van der Waals surface area contributed by atoms with Gasteiger partial charge >= 0.3 is 0 Å². The molecule has 2 aromatic heterocycles. The van der Waals surface area contributed by atoms with E-state index in [9.17, 15) is 4.79 Å². The maximum atomic E-state index is 12.7. The van der Waals surface area contributed by atoms with Gasteiger partial charge < -0.3 is 9.80 Å². The smallest absolute Gasteiger partial charge is 0.247 e. The Balaban J connectivity index is 1.63. The van der Waals surface area contributed by atoms with Gasteiger partial charge in [-0.05, 0) is 39.0 Å². The monoisotopic (exact) mass is 313 g/mol. The molecule has 3 heterocycles. The van der Waals surface area contributed by atoms with Crippen molar-refractivity contribution in [2.45, 2.75) is 26.8 Å². The summed E-state index contributed by atoms with van der Waals surface area (Å²) in [5.41, 5.74) is 1.97. The van der Waals surface area contributed by atoms with Crippen LogP contribution in [-0.4, -0.2) is 51.8 Å². The summed E-state index contributed by atoms with van der Waals surface area (Å²) in [6, 6.07) is 7.66. The van der Waals surface area contributed by atoms with Gasteiger partial charge in [-0.15, -0.1) is 0 Å². The van der Waals surface area contributed by atoms with E-state index in [0.717, 1.165) is 43.4 Å². The summed E-state index contributed by atoms with van der Waals surface area (Å²) in [7, 11) is 0. The van der Waals surface area contributed by atoms with Gasteiger partial charge in [-0.3, -0.25) is 9.48 Å². The Bertz CT molecular complexity index is 674. The van der Waals surface area contributed by atoms with Crippen LogP contribution < -0.4 is 4.90 Å². The molecule has 6 nitrogen and oxygen atoms in total. The maximum Gasteiger partial charge on any atom is 0.247 e. The first-order chi connectivity index (χ1) is 11.1. The molecular formula is C17H23N5O. The summed E-state index contributed by atoms with van der Waals surface area (Å²) in [5.74, 6) is 1.11. The highest BCUT2D eigenvalue weighted by molar-refractivity contribution is 5.80. The first-order valence-electron chi connectivity index (χ1n) is 8.04. The first-order valence-corrected chi connectivity index (χ1v) is 8.04. The third-order valence-electron chi connectivity index (χ3n) is 4.33. The Kier molecular flexibility index (Phi) is 4.32. The fourth-order valence-electron chi connectivity index (χ4n) is 3.10. The van der Waals surface area contributed by atoms with Gasteiger partial charge in [-0.2, -0.15) is 5.10 Å². The zero-order chi connectivity index (χ0) is 16.4. The van der Waals surface area contributed by atoms with Crippen LogP contribution in [0.25, 0.3) is 0 Å². The first kappa shape index (κ1) is 15.5. The van der Waals surface area contributed by atoms with Gasteiger partial charge in [0.05, 0.1) is 5.69 Å². The summed E-state index contributed by atoms with van der Waals surface area (Å²) in [4.78, 5) is 21.3. The average Bonchev–Trinajstić information content (AvgIpc) is 2.93. The van der Waals surface area contributed by atoms with E-state index in [2.05, 4.69) is 15.0 Å². The SMILES string of the molecule is Cc1cc(C)n([C@@H](C)C(=O)N2CCN(c3ccccn3)CC2)n1. The van der Waals surface area contributed by atoms with Crippen molar-refractivity contribution >= 4 is 11.7 Å². The Morgan fingerprint density at radius 2 is 1.91 bits per heavy atom. The third kappa shape index (κ3) is 3.21. The van der Waals surface area contributed by atoms with Gasteiger partial charge in [-0.25, -0.2) is 4.98 Å². The highest BCUT2D eigenvalue weighted by Gasteiger charge is 2.27. The second-order valence-electron chi connectivity index (χ2n) is 6.05. The molecule has 0 spiro atoms. The van der Waals surface area contributed by atoms with E-state index >= 15 is 0 Å². The Morgan fingerprint density at radius 1 is 1.17 bits per heavy atom. The second kappa shape index (κ2) is 6.40. The van der Waals surface area contributed by atoms with E-state index in [0.29, 0.717) is 0 Å². The van der Waals surface area contributed by atoms with E-state index in [1.54, 1.807) is 6.20 Å². The number of nitrogens with zero attached hydrogens (tertiary/aromatic N) is 5. The Hall–Kier alpha value is -2.37. The van der Waals surface area contributed by atoms with E-state index in [1.807, 2.05) is 54.6 Å². The lowest BCUT2D eigenvalue weighted by molar-refractivity contribution is -0.134. The number of aryl methyl sites for hydroxylation is 2. The van der Waals surface area contributed by atoms with Crippen molar-refractivity contribution in [3.05, 3.63) is 41.9 Å². The van der Waals surface area contributed by atoms with Crippen LogP contribution in [0.2, 0.25) is 0 Å². The molecule has 1 atom stereocenters. The van der Waals surface area contributed by atoms with Crippen LogP contribution >= 0.6 is 0 Å². The van der Waals surface area contributed by atoms with Crippen molar-refractivity contribution in [3.8, 4) is 0 Å². The van der Waals surface area contributed by atoms with E-state index in [1.165, 1.54) is 0 Å². The van der Waals surface area contributed by atoms with Crippen LogP contribution in [0.1, 0.15) is 24.4 Å². The number of amides is 1. The summed E-state index contributed by atoms with van der Waals surface area (Å²) in [6.07, 6.45) is 1.80. The predicted molar refractivity (Wildman–Crippen MR) is 89.4 cm³/mol. The van der Waals surface area contributed by atoms with Crippen LogP contribution in [-0.2, 0) is 4.79 Å². The molecule has 0 saturated carbocycles. The van der Waals surface area contributed by atoms with Gasteiger partial charge in [0, 0.05) is 38.1 Å².